The van der Waals surface area contributed by atoms with E-state index in [2.05, 4.69) is 0 Å². The van der Waals surface area contributed by atoms with Gasteiger partial charge in [0.2, 0.25) is 11.8 Å². The smallest absolute Gasteiger partial charge is 0.455 e. The molecule has 0 bridgehead atoms. The number of para-hydroxylation sites is 1. The van der Waals surface area contributed by atoms with E-state index in [1.54, 1.807) is 12.1 Å². The van der Waals surface area contributed by atoms with Crippen molar-refractivity contribution in [3.63, 3.8) is 0 Å². The number of aromatic hydroxyl groups is 1. The summed E-state index contributed by atoms with van der Waals surface area (Å²) in [6, 6.07) is 7.22. The van der Waals surface area contributed by atoms with Gasteiger partial charge in [-0.3, -0.25) is 14.5 Å². The molecule has 1 aromatic carbocycles. The standard InChI is InChI=1S/C25H32BNO5/c1-4-11-27-24(29)18-13-16(3)22-19(23(18)25(27)30)14-26(31)32-21(22)10-9-15(2)12-17-7-5-6-8-20(17)28/h5-8,12,18-19,21,23,28,31H,4,9-11,13-14H2,1-3H3/b15-12+/t18-,19+,21-,23-/m1/s1. The van der Waals surface area contributed by atoms with Gasteiger partial charge < -0.3 is 14.8 Å². The Bertz CT molecular complexity index is 971. The number of fused-ring (bicyclic) bond motifs is 3. The number of phenols is 1. The maximum Gasteiger partial charge on any atom is 0.455 e. The predicted octanol–water partition coefficient (Wildman–Crippen LogP) is 3.80. The zero-order valence-electron chi connectivity index (χ0n) is 19.1. The van der Waals surface area contributed by atoms with Crippen molar-refractivity contribution in [2.24, 2.45) is 17.8 Å². The first kappa shape index (κ1) is 22.8. The molecule has 4 atom stereocenters. The Kier molecular flexibility index (Phi) is 6.58. The number of hydrogen-bond donors (Lipinski definition) is 2. The third-order valence-electron chi connectivity index (χ3n) is 7.13. The highest BCUT2D eigenvalue weighted by Crippen LogP contribution is 2.50. The molecule has 2 amide bonds. The third kappa shape index (κ3) is 4.16. The summed E-state index contributed by atoms with van der Waals surface area (Å²) < 4.78 is 5.95. The summed E-state index contributed by atoms with van der Waals surface area (Å²) >= 11 is 0. The van der Waals surface area contributed by atoms with Gasteiger partial charge >= 0.3 is 7.12 Å². The van der Waals surface area contributed by atoms with Gasteiger partial charge in [-0.25, -0.2) is 0 Å². The summed E-state index contributed by atoms with van der Waals surface area (Å²) in [5.74, 6) is -0.736. The first-order valence-corrected chi connectivity index (χ1v) is 11.6. The van der Waals surface area contributed by atoms with Crippen molar-refractivity contribution < 1.29 is 24.4 Å². The number of phenolic OH excluding ortho intramolecular Hbond substituents is 1. The van der Waals surface area contributed by atoms with Crippen LogP contribution in [-0.4, -0.2) is 46.6 Å². The summed E-state index contributed by atoms with van der Waals surface area (Å²) in [7, 11) is -0.939. The Morgan fingerprint density at radius 2 is 2.00 bits per heavy atom. The molecule has 170 valence electrons. The molecule has 0 aromatic heterocycles. The van der Waals surface area contributed by atoms with Crippen molar-refractivity contribution in [1.29, 1.82) is 0 Å². The second-order valence-corrected chi connectivity index (χ2v) is 9.41. The minimum atomic E-state index is -0.939. The first-order chi connectivity index (χ1) is 15.3. The lowest BCUT2D eigenvalue weighted by molar-refractivity contribution is -0.140. The summed E-state index contributed by atoms with van der Waals surface area (Å²) in [6.07, 6.45) is 4.79. The number of rotatable bonds is 6. The van der Waals surface area contributed by atoms with E-state index < -0.39 is 7.12 Å². The molecule has 32 heavy (non-hydrogen) atoms. The van der Waals surface area contributed by atoms with Crippen molar-refractivity contribution in [3.8, 4) is 5.75 Å². The lowest BCUT2D eigenvalue weighted by Crippen LogP contribution is -2.46. The molecule has 6 nitrogen and oxygen atoms in total. The average Bonchev–Trinajstić information content (AvgIpc) is 2.98. The summed E-state index contributed by atoms with van der Waals surface area (Å²) in [5.41, 5.74) is 4.09. The lowest BCUT2D eigenvalue weighted by Gasteiger charge is -2.42. The predicted molar refractivity (Wildman–Crippen MR) is 123 cm³/mol. The molecule has 3 aliphatic rings. The highest BCUT2D eigenvalue weighted by molar-refractivity contribution is 6.43. The van der Waals surface area contributed by atoms with Crippen molar-refractivity contribution >= 4 is 25.0 Å². The first-order valence-electron chi connectivity index (χ1n) is 11.6. The number of nitrogens with zero attached hydrogens (tertiary/aromatic N) is 1. The van der Waals surface area contributed by atoms with Crippen LogP contribution >= 0.6 is 0 Å². The number of imide groups is 1. The van der Waals surface area contributed by atoms with Gasteiger partial charge in [0, 0.05) is 12.1 Å². The van der Waals surface area contributed by atoms with Crippen LogP contribution < -0.4 is 0 Å². The average molecular weight is 437 g/mol. The molecule has 0 unspecified atom stereocenters. The van der Waals surface area contributed by atoms with E-state index in [1.807, 2.05) is 39.0 Å². The van der Waals surface area contributed by atoms with E-state index >= 15 is 0 Å². The van der Waals surface area contributed by atoms with Gasteiger partial charge in [0.05, 0.1) is 17.9 Å². The van der Waals surface area contributed by atoms with Crippen molar-refractivity contribution in [1.82, 2.24) is 4.90 Å². The van der Waals surface area contributed by atoms with Gasteiger partial charge in [0.1, 0.15) is 5.75 Å². The Balaban J connectivity index is 1.55. The fourth-order valence-electron chi connectivity index (χ4n) is 5.74. The number of allylic oxidation sites excluding steroid dienone is 2. The van der Waals surface area contributed by atoms with Crippen LogP contribution in [0.25, 0.3) is 6.08 Å². The van der Waals surface area contributed by atoms with Gasteiger partial charge in [-0.15, -0.1) is 0 Å². The van der Waals surface area contributed by atoms with Crippen LogP contribution in [0.3, 0.4) is 0 Å². The second kappa shape index (κ2) is 9.24. The van der Waals surface area contributed by atoms with Crippen LogP contribution in [0.4, 0.5) is 0 Å². The fourth-order valence-corrected chi connectivity index (χ4v) is 5.74. The van der Waals surface area contributed by atoms with Crippen molar-refractivity contribution in [3.05, 3.63) is 46.5 Å². The van der Waals surface area contributed by atoms with E-state index in [0.717, 1.165) is 35.1 Å². The Labute approximate surface area is 190 Å². The van der Waals surface area contributed by atoms with Crippen molar-refractivity contribution in [2.75, 3.05) is 6.54 Å². The largest absolute Gasteiger partial charge is 0.507 e. The number of benzene rings is 1. The summed E-state index contributed by atoms with van der Waals surface area (Å²) in [5, 5.41) is 20.5. The number of likely N-dealkylation sites (tertiary alicyclic amines) is 1. The monoisotopic (exact) mass is 437 g/mol. The number of amides is 2. The SMILES string of the molecule is CCCN1C(=O)[C@@H]2[C@@H](CC(C)=C3[C@@H](CC/C(C)=C/c4ccccc4O)OB(O)C[C@@H]32)C1=O. The van der Waals surface area contributed by atoms with Crippen LogP contribution in [0.2, 0.25) is 6.32 Å². The molecule has 0 saturated carbocycles. The molecule has 2 heterocycles. The zero-order valence-corrected chi connectivity index (χ0v) is 19.1. The molecular formula is C25H32BNO5. The third-order valence-corrected chi connectivity index (χ3v) is 7.13. The van der Waals surface area contributed by atoms with E-state index in [-0.39, 0.29) is 41.4 Å². The molecule has 0 spiro atoms. The second-order valence-electron chi connectivity index (χ2n) is 9.41. The number of carbonyl (C=O) groups is 2. The molecule has 2 aliphatic heterocycles. The summed E-state index contributed by atoms with van der Waals surface area (Å²) in [6.45, 7) is 6.49. The normalized spacial score (nSPS) is 28.3. The van der Waals surface area contributed by atoms with E-state index in [0.29, 0.717) is 25.7 Å². The van der Waals surface area contributed by atoms with Gasteiger partial charge in [-0.1, -0.05) is 42.3 Å². The summed E-state index contributed by atoms with van der Waals surface area (Å²) in [4.78, 5) is 27.5. The molecule has 0 radical (unpaired) electrons. The molecule has 2 saturated heterocycles. The highest BCUT2D eigenvalue weighted by Gasteiger charge is 2.56. The molecule has 4 rings (SSSR count). The Morgan fingerprint density at radius 3 is 2.72 bits per heavy atom. The van der Waals surface area contributed by atoms with Crippen LogP contribution in [0.15, 0.2) is 41.0 Å². The Hall–Kier alpha value is -2.38. The van der Waals surface area contributed by atoms with Crippen LogP contribution in [0, 0.1) is 17.8 Å². The van der Waals surface area contributed by atoms with Gasteiger partial charge in [-0.2, -0.15) is 0 Å². The maximum absolute atomic E-state index is 13.1. The van der Waals surface area contributed by atoms with Gasteiger partial charge in [0.15, 0.2) is 0 Å². The minimum absolute atomic E-state index is 0.0563. The van der Waals surface area contributed by atoms with E-state index in [1.165, 1.54) is 4.90 Å². The molecule has 2 fully saturated rings. The molecule has 2 N–H and O–H groups in total. The molecule has 1 aliphatic carbocycles. The zero-order chi connectivity index (χ0) is 23.0. The van der Waals surface area contributed by atoms with Crippen LogP contribution in [0.5, 0.6) is 5.75 Å². The maximum atomic E-state index is 13.1. The fraction of sp³-hybridized carbons (Fsp3) is 0.520. The van der Waals surface area contributed by atoms with Gasteiger partial charge in [-0.05, 0) is 63.4 Å². The van der Waals surface area contributed by atoms with Gasteiger partial charge in [0.25, 0.3) is 0 Å². The van der Waals surface area contributed by atoms with Crippen molar-refractivity contribution in [2.45, 2.75) is 58.9 Å². The molecule has 1 aromatic rings. The number of hydrogen-bond acceptors (Lipinski definition) is 5. The van der Waals surface area contributed by atoms with E-state index in [9.17, 15) is 19.7 Å². The Morgan fingerprint density at radius 1 is 1.25 bits per heavy atom. The van der Waals surface area contributed by atoms with Crippen LogP contribution in [-0.2, 0) is 14.2 Å². The minimum Gasteiger partial charge on any atom is -0.507 e. The number of carbonyl (C=O) groups excluding carboxylic acids is 2. The highest BCUT2D eigenvalue weighted by atomic mass is 16.5. The molecule has 7 heteroatoms. The van der Waals surface area contributed by atoms with E-state index in [4.69, 9.17) is 4.65 Å². The topological polar surface area (TPSA) is 87.1 Å². The quantitative estimate of drug-likeness (QED) is 0.402. The van der Waals surface area contributed by atoms with Crippen LogP contribution in [0.1, 0.15) is 52.0 Å². The lowest BCUT2D eigenvalue weighted by atomic mass is 9.59. The molecular weight excluding hydrogens is 405 g/mol.